The number of hydrogen-bond donors (Lipinski definition) is 1. The van der Waals surface area contributed by atoms with Gasteiger partial charge in [0.2, 0.25) is 0 Å². The fourth-order valence-electron chi connectivity index (χ4n) is 2.81. The van der Waals surface area contributed by atoms with Crippen LogP contribution in [0.3, 0.4) is 0 Å². The molecule has 2 aromatic carbocycles. The molecule has 1 N–H and O–H groups in total. The molecule has 24 heavy (non-hydrogen) atoms. The van der Waals surface area contributed by atoms with Gasteiger partial charge < -0.3 is 9.64 Å². The summed E-state index contributed by atoms with van der Waals surface area (Å²) in [5, 5.41) is 12.0. The smallest absolute Gasteiger partial charge is 0.411 e. The van der Waals surface area contributed by atoms with Gasteiger partial charge in [0, 0.05) is 18.8 Å². The number of carbonyl (C=O) groups excluding carboxylic acids is 1. The van der Waals surface area contributed by atoms with Crippen LogP contribution in [-0.2, 0) is 11.3 Å². The van der Waals surface area contributed by atoms with Gasteiger partial charge in [-0.1, -0.05) is 30.3 Å². The van der Waals surface area contributed by atoms with Crippen LogP contribution in [0.2, 0.25) is 0 Å². The van der Waals surface area contributed by atoms with Crippen molar-refractivity contribution in [1.82, 2.24) is 0 Å². The van der Waals surface area contributed by atoms with E-state index in [1.54, 1.807) is 12.1 Å². The Morgan fingerprint density at radius 3 is 2.62 bits per heavy atom. The highest BCUT2D eigenvalue weighted by Crippen LogP contribution is 2.27. The van der Waals surface area contributed by atoms with Gasteiger partial charge in [-0.25, -0.2) is 4.79 Å². The highest BCUT2D eigenvalue weighted by atomic mass is 16.5. The van der Waals surface area contributed by atoms with Crippen LogP contribution in [0.5, 0.6) is 0 Å². The van der Waals surface area contributed by atoms with Crippen molar-refractivity contribution in [2.24, 2.45) is 0 Å². The zero-order valence-electron chi connectivity index (χ0n) is 13.4. The van der Waals surface area contributed by atoms with Crippen molar-refractivity contribution in [2.45, 2.75) is 19.4 Å². The van der Waals surface area contributed by atoms with E-state index in [1.807, 2.05) is 36.4 Å². The Morgan fingerprint density at radius 2 is 1.92 bits per heavy atom. The number of nitrogens with zero attached hydrogens (tertiary/aromatic N) is 2. The van der Waals surface area contributed by atoms with E-state index in [0.717, 1.165) is 37.2 Å². The zero-order chi connectivity index (χ0) is 16.8. The molecule has 1 heterocycles. The highest BCUT2D eigenvalue weighted by molar-refractivity contribution is 5.85. The maximum atomic E-state index is 11.9. The van der Waals surface area contributed by atoms with Gasteiger partial charge in [-0.3, -0.25) is 5.32 Å². The van der Waals surface area contributed by atoms with Crippen LogP contribution in [0.25, 0.3) is 0 Å². The fourth-order valence-corrected chi connectivity index (χ4v) is 2.81. The molecule has 0 atom stereocenters. The molecule has 1 saturated heterocycles. The Labute approximate surface area is 141 Å². The Hall–Kier alpha value is -3.00. The van der Waals surface area contributed by atoms with Gasteiger partial charge in [0.1, 0.15) is 12.7 Å². The maximum absolute atomic E-state index is 11.9. The zero-order valence-corrected chi connectivity index (χ0v) is 13.4. The van der Waals surface area contributed by atoms with Crippen molar-refractivity contribution < 1.29 is 9.53 Å². The number of nitrogens with one attached hydrogen (secondary N) is 1. The summed E-state index contributed by atoms with van der Waals surface area (Å²) in [5.74, 6) is 0. The Morgan fingerprint density at radius 1 is 1.17 bits per heavy atom. The molecule has 5 heteroatoms. The average molecular weight is 321 g/mol. The van der Waals surface area contributed by atoms with E-state index < -0.39 is 6.09 Å². The van der Waals surface area contributed by atoms with Crippen LogP contribution in [0.15, 0.2) is 48.5 Å². The van der Waals surface area contributed by atoms with Gasteiger partial charge >= 0.3 is 6.09 Å². The van der Waals surface area contributed by atoms with Crippen LogP contribution in [0, 0.1) is 11.3 Å². The van der Waals surface area contributed by atoms with Crippen LogP contribution in [-0.4, -0.2) is 19.2 Å². The number of anilines is 2. The van der Waals surface area contributed by atoms with Crippen molar-refractivity contribution >= 4 is 17.5 Å². The molecule has 1 amide bonds. The number of nitriles is 1. The molecule has 122 valence electrons. The van der Waals surface area contributed by atoms with E-state index in [1.165, 1.54) is 0 Å². The van der Waals surface area contributed by atoms with Crippen LogP contribution in [0.1, 0.15) is 24.0 Å². The van der Waals surface area contributed by atoms with E-state index in [0.29, 0.717) is 11.3 Å². The van der Waals surface area contributed by atoms with Gasteiger partial charge in [-0.05, 0) is 36.6 Å². The van der Waals surface area contributed by atoms with E-state index >= 15 is 0 Å². The normalized spacial score (nSPS) is 13.4. The van der Waals surface area contributed by atoms with E-state index in [2.05, 4.69) is 16.3 Å². The molecular weight excluding hydrogens is 302 g/mol. The fraction of sp³-hybridized carbons (Fsp3) is 0.263. The lowest BCUT2D eigenvalue weighted by Crippen LogP contribution is -2.19. The lowest BCUT2D eigenvalue weighted by atomic mass is 10.1. The first-order valence-electron chi connectivity index (χ1n) is 8.03. The molecule has 0 aromatic heterocycles. The largest absolute Gasteiger partial charge is 0.444 e. The SMILES string of the molecule is N#Cc1cc(NC(=O)OCc2ccccc2)ccc1N1CCCC1. The number of hydrogen-bond acceptors (Lipinski definition) is 4. The first-order valence-corrected chi connectivity index (χ1v) is 8.03. The second-order valence-electron chi connectivity index (χ2n) is 5.72. The van der Waals surface area contributed by atoms with Gasteiger partial charge in [0.05, 0.1) is 11.3 Å². The molecule has 1 fully saturated rings. The minimum absolute atomic E-state index is 0.212. The van der Waals surface area contributed by atoms with E-state index in [9.17, 15) is 10.1 Å². The molecule has 3 rings (SSSR count). The number of rotatable bonds is 4. The average Bonchev–Trinajstić information content (AvgIpc) is 3.15. The Bertz CT molecular complexity index is 747. The second-order valence-corrected chi connectivity index (χ2v) is 5.72. The number of carbonyl (C=O) groups is 1. The monoisotopic (exact) mass is 321 g/mol. The van der Waals surface area contributed by atoms with E-state index in [4.69, 9.17) is 4.74 Å². The van der Waals surface area contributed by atoms with Crippen molar-refractivity contribution in [3.8, 4) is 6.07 Å². The molecular formula is C19H19N3O2. The summed E-state index contributed by atoms with van der Waals surface area (Å²) in [7, 11) is 0. The van der Waals surface area contributed by atoms with Crippen LogP contribution < -0.4 is 10.2 Å². The van der Waals surface area contributed by atoms with Gasteiger partial charge in [-0.15, -0.1) is 0 Å². The first kappa shape index (κ1) is 15.9. The predicted molar refractivity (Wildman–Crippen MR) is 92.9 cm³/mol. The Balaban J connectivity index is 1.62. The van der Waals surface area contributed by atoms with Gasteiger partial charge in [0.15, 0.2) is 0 Å². The molecule has 0 aliphatic carbocycles. The summed E-state index contributed by atoms with van der Waals surface area (Å²) in [5.41, 5.74) is 2.98. The molecule has 0 spiro atoms. The molecule has 0 bridgehead atoms. The lowest BCUT2D eigenvalue weighted by Gasteiger charge is -2.19. The molecule has 0 saturated carbocycles. The van der Waals surface area contributed by atoms with Crippen molar-refractivity contribution in [2.75, 3.05) is 23.3 Å². The third kappa shape index (κ3) is 3.85. The minimum Gasteiger partial charge on any atom is -0.444 e. The topological polar surface area (TPSA) is 65.4 Å². The number of benzene rings is 2. The molecule has 0 radical (unpaired) electrons. The number of amides is 1. The summed E-state index contributed by atoms with van der Waals surface area (Å²) in [6.45, 7) is 2.16. The summed E-state index contributed by atoms with van der Waals surface area (Å²) in [4.78, 5) is 14.1. The molecule has 2 aromatic rings. The summed E-state index contributed by atoms with van der Waals surface area (Å²) < 4.78 is 5.19. The summed E-state index contributed by atoms with van der Waals surface area (Å²) >= 11 is 0. The summed E-state index contributed by atoms with van der Waals surface area (Å²) in [6, 6.07) is 17.1. The number of ether oxygens (including phenoxy) is 1. The van der Waals surface area contributed by atoms with E-state index in [-0.39, 0.29) is 6.61 Å². The highest BCUT2D eigenvalue weighted by Gasteiger charge is 2.16. The van der Waals surface area contributed by atoms with Crippen molar-refractivity contribution in [3.05, 3.63) is 59.7 Å². The third-order valence-electron chi connectivity index (χ3n) is 4.02. The van der Waals surface area contributed by atoms with Gasteiger partial charge in [-0.2, -0.15) is 5.26 Å². The van der Waals surface area contributed by atoms with Gasteiger partial charge in [0.25, 0.3) is 0 Å². The lowest BCUT2D eigenvalue weighted by molar-refractivity contribution is 0.155. The standard InChI is InChI=1S/C19H19N3O2/c20-13-16-12-17(8-9-18(16)22-10-4-5-11-22)21-19(23)24-14-15-6-2-1-3-7-15/h1-3,6-9,12H,4-5,10-11,14H2,(H,21,23). The maximum Gasteiger partial charge on any atom is 0.411 e. The predicted octanol–water partition coefficient (Wildman–Crippen LogP) is 3.91. The summed E-state index contributed by atoms with van der Waals surface area (Å²) in [6.07, 6.45) is 1.77. The van der Waals surface area contributed by atoms with Crippen LogP contribution >= 0.6 is 0 Å². The van der Waals surface area contributed by atoms with Crippen molar-refractivity contribution in [3.63, 3.8) is 0 Å². The molecule has 5 nitrogen and oxygen atoms in total. The van der Waals surface area contributed by atoms with Crippen molar-refractivity contribution in [1.29, 1.82) is 5.26 Å². The molecule has 0 unspecified atom stereocenters. The Kier molecular flexibility index (Phi) is 4.97. The van der Waals surface area contributed by atoms with Crippen LogP contribution in [0.4, 0.5) is 16.2 Å². The minimum atomic E-state index is -0.531. The molecule has 1 aliphatic rings. The third-order valence-corrected chi connectivity index (χ3v) is 4.02. The quantitative estimate of drug-likeness (QED) is 0.927. The first-order chi connectivity index (χ1) is 11.8. The molecule has 1 aliphatic heterocycles. The second kappa shape index (κ2) is 7.51.